The molecule has 0 aliphatic heterocycles. The van der Waals surface area contributed by atoms with Gasteiger partial charge < -0.3 is 0 Å². The van der Waals surface area contributed by atoms with Crippen LogP contribution < -0.4 is 0 Å². The molecule has 1 radical (unpaired) electrons. The van der Waals surface area contributed by atoms with Crippen molar-refractivity contribution in [2.24, 2.45) is 0 Å². The van der Waals surface area contributed by atoms with E-state index in [1.165, 1.54) is 64.2 Å². The molecule has 17 heavy (non-hydrogen) atoms. The maximum absolute atomic E-state index is 3.87. The zero-order chi connectivity index (χ0) is 12.6. The first kappa shape index (κ1) is 16.5. The largest absolute Gasteiger partial charge is 0.103 e. The van der Waals surface area contributed by atoms with Crippen LogP contribution in [0.4, 0.5) is 0 Å². The summed E-state index contributed by atoms with van der Waals surface area (Å²) in [6.07, 6.45) is 22.4. The molecule has 0 amide bonds. The van der Waals surface area contributed by atoms with Gasteiger partial charge in [-0.25, -0.2) is 0 Å². The highest BCUT2D eigenvalue weighted by Gasteiger charge is 1.90. The van der Waals surface area contributed by atoms with Crippen LogP contribution in [0.25, 0.3) is 0 Å². The normalized spacial score (nSPS) is 11.1. The number of hydrogen-bond donors (Lipinski definition) is 0. The highest BCUT2D eigenvalue weighted by Crippen LogP contribution is 2.09. The van der Waals surface area contributed by atoms with E-state index in [-0.39, 0.29) is 0 Å². The van der Waals surface area contributed by atoms with Gasteiger partial charge in [0.1, 0.15) is 0 Å². The Morgan fingerprint density at radius 1 is 0.588 bits per heavy atom. The van der Waals surface area contributed by atoms with Crippen LogP contribution in [0.15, 0.2) is 24.8 Å². The summed E-state index contributed by atoms with van der Waals surface area (Å²) >= 11 is 0. The summed E-state index contributed by atoms with van der Waals surface area (Å²) in [4.78, 5) is 0. The molecule has 0 saturated carbocycles. The van der Waals surface area contributed by atoms with Gasteiger partial charge in [-0.15, -0.1) is 6.58 Å². The van der Waals surface area contributed by atoms with Crippen LogP contribution in [-0.2, 0) is 0 Å². The lowest BCUT2D eigenvalue weighted by Gasteiger charge is -1.99. The molecule has 0 fully saturated rings. The average molecular weight is 235 g/mol. The molecule has 0 aliphatic carbocycles. The van der Waals surface area contributed by atoms with Gasteiger partial charge in [0.05, 0.1) is 0 Å². The summed E-state index contributed by atoms with van der Waals surface area (Å²) in [6, 6.07) is 0. The SMILES string of the molecule is [CH2]CCCCCCCCCC=CCCCC=C. The quantitative estimate of drug-likeness (QED) is 0.262. The second kappa shape index (κ2) is 15.5. The Labute approximate surface area is 109 Å². The lowest BCUT2D eigenvalue weighted by molar-refractivity contribution is 0.583. The fourth-order valence-corrected chi connectivity index (χ4v) is 1.94. The lowest BCUT2D eigenvalue weighted by Crippen LogP contribution is -1.80. The molecule has 0 N–H and O–H groups in total. The Kier molecular flexibility index (Phi) is 15.0. The molecule has 0 aliphatic rings. The standard InChI is InChI=1S/C17H31/c1-3-5-7-9-11-13-15-17-16-14-12-10-8-6-4-2/h3,11,13H,1-2,4-10,12,14-17H2. The molecule has 0 aromatic heterocycles. The second-order valence-electron chi connectivity index (χ2n) is 4.81. The second-order valence-corrected chi connectivity index (χ2v) is 4.81. The van der Waals surface area contributed by atoms with Crippen LogP contribution in [0, 0.1) is 6.92 Å². The highest BCUT2D eigenvalue weighted by molar-refractivity contribution is 4.82. The Hall–Kier alpha value is -0.520. The molecule has 0 heterocycles. The summed E-state index contributed by atoms with van der Waals surface area (Å²) in [5.41, 5.74) is 0. The van der Waals surface area contributed by atoms with Gasteiger partial charge in [0.2, 0.25) is 0 Å². The van der Waals surface area contributed by atoms with Crippen LogP contribution >= 0.6 is 0 Å². The molecular formula is C17H31. The van der Waals surface area contributed by atoms with Gasteiger partial charge in [-0.3, -0.25) is 0 Å². The molecule has 0 unspecified atom stereocenters. The predicted molar refractivity (Wildman–Crippen MR) is 80.1 cm³/mol. The van der Waals surface area contributed by atoms with Crippen molar-refractivity contribution in [3.63, 3.8) is 0 Å². The minimum absolute atomic E-state index is 1.11. The first-order chi connectivity index (χ1) is 8.41. The smallest absolute Gasteiger partial charge is 0.0348 e. The number of allylic oxidation sites excluding steroid dienone is 3. The molecule has 0 bridgehead atoms. The van der Waals surface area contributed by atoms with Gasteiger partial charge in [0.25, 0.3) is 0 Å². The van der Waals surface area contributed by atoms with Crippen molar-refractivity contribution in [1.82, 2.24) is 0 Å². The van der Waals surface area contributed by atoms with E-state index in [9.17, 15) is 0 Å². The number of unbranched alkanes of at least 4 members (excludes halogenated alkanes) is 10. The van der Waals surface area contributed by atoms with E-state index in [0.717, 1.165) is 12.8 Å². The molecule has 0 aromatic carbocycles. The Bertz CT molecular complexity index is 167. The minimum atomic E-state index is 1.11. The molecule has 0 saturated heterocycles. The van der Waals surface area contributed by atoms with Gasteiger partial charge in [0.15, 0.2) is 0 Å². The van der Waals surface area contributed by atoms with Crippen molar-refractivity contribution in [3.8, 4) is 0 Å². The molecule has 0 spiro atoms. The predicted octanol–water partition coefficient (Wildman–Crippen LogP) is 6.24. The zero-order valence-electron chi connectivity index (χ0n) is 11.6. The molecule has 0 aromatic rings. The Morgan fingerprint density at radius 2 is 1.12 bits per heavy atom. The van der Waals surface area contributed by atoms with E-state index in [1.54, 1.807) is 0 Å². The summed E-state index contributed by atoms with van der Waals surface area (Å²) in [6.45, 7) is 7.59. The third-order valence-corrected chi connectivity index (χ3v) is 3.07. The van der Waals surface area contributed by atoms with E-state index in [4.69, 9.17) is 0 Å². The molecule has 0 atom stereocenters. The first-order valence-corrected chi connectivity index (χ1v) is 7.47. The van der Waals surface area contributed by atoms with Crippen LogP contribution in [-0.4, -0.2) is 0 Å². The van der Waals surface area contributed by atoms with Gasteiger partial charge in [-0.1, -0.05) is 70.1 Å². The summed E-state index contributed by atoms with van der Waals surface area (Å²) in [7, 11) is 0. The summed E-state index contributed by atoms with van der Waals surface area (Å²) in [5, 5.41) is 0. The number of rotatable bonds is 13. The maximum atomic E-state index is 3.87. The average Bonchev–Trinajstić information content (AvgIpc) is 2.35. The van der Waals surface area contributed by atoms with Gasteiger partial charge >= 0.3 is 0 Å². The van der Waals surface area contributed by atoms with Crippen molar-refractivity contribution >= 4 is 0 Å². The third kappa shape index (κ3) is 15.5. The van der Waals surface area contributed by atoms with Crippen molar-refractivity contribution < 1.29 is 0 Å². The van der Waals surface area contributed by atoms with Crippen LogP contribution in [0.1, 0.15) is 77.0 Å². The summed E-state index contributed by atoms with van der Waals surface area (Å²) in [5.74, 6) is 0. The van der Waals surface area contributed by atoms with Crippen molar-refractivity contribution in [1.29, 1.82) is 0 Å². The lowest BCUT2D eigenvalue weighted by atomic mass is 10.1. The number of hydrogen-bond acceptors (Lipinski definition) is 0. The zero-order valence-corrected chi connectivity index (χ0v) is 11.6. The topological polar surface area (TPSA) is 0 Å². The van der Waals surface area contributed by atoms with E-state index < -0.39 is 0 Å². The molecule has 0 heteroatoms. The maximum Gasteiger partial charge on any atom is -0.0348 e. The van der Waals surface area contributed by atoms with Crippen molar-refractivity contribution in [2.75, 3.05) is 0 Å². The molecule has 0 nitrogen and oxygen atoms in total. The van der Waals surface area contributed by atoms with Gasteiger partial charge in [0, 0.05) is 0 Å². The fraction of sp³-hybridized carbons (Fsp3) is 0.706. The van der Waals surface area contributed by atoms with E-state index >= 15 is 0 Å². The van der Waals surface area contributed by atoms with E-state index in [0.29, 0.717) is 0 Å². The van der Waals surface area contributed by atoms with Gasteiger partial charge in [-0.2, -0.15) is 0 Å². The molecule has 0 rings (SSSR count). The van der Waals surface area contributed by atoms with Crippen LogP contribution in [0.3, 0.4) is 0 Å². The van der Waals surface area contributed by atoms with E-state index in [2.05, 4.69) is 25.7 Å². The van der Waals surface area contributed by atoms with Crippen molar-refractivity contribution in [2.45, 2.75) is 77.0 Å². The van der Waals surface area contributed by atoms with Crippen LogP contribution in [0.2, 0.25) is 0 Å². The summed E-state index contributed by atoms with van der Waals surface area (Å²) < 4.78 is 0. The monoisotopic (exact) mass is 235 g/mol. The Balaban J connectivity index is 3.00. The van der Waals surface area contributed by atoms with Gasteiger partial charge in [-0.05, 0) is 32.1 Å². The minimum Gasteiger partial charge on any atom is -0.103 e. The highest BCUT2D eigenvalue weighted by atomic mass is 14.0. The third-order valence-electron chi connectivity index (χ3n) is 3.07. The fourth-order valence-electron chi connectivity index (χ4n) is 1.94. The Morgan fingerprint density at radius 3 is 1.71 bits per heavy atom. The van der Waals surface area contributed by atoms with Crippen molar-refractivity contribution in [3.05, 3.63) is 31.7 Å². The van der Waals surface area contributed by atoms with Crippen LogP contribution in [0.5, 0.6) is 0 Å². The molecule has 99 valence electrons. The first-order valence-electron chi connectivity index (χ1n) is 7.47. The van der Waals surface area contributed by atoms with E-state index in [1.807, 2.05) is 6.08 Å². The molecular weight excluding hydrogens is 204 g/mol.